The van der Waals surface area contributed by atoms with Crippen molar-refractivity contribution in [2.24, 2.45) is 5.92 Å². The van der Waals surface area contributed by atoms with E-state index >= 15 is 0 Å². The van der Waals surface area contributed by atoms with Gasteiger partial charge >= 0.3 is 0 Å². The number of anilines is 1. The van der Waals surface area contributed by atoms with Gasteiger partial charge in [0.2, 0.25) is 0 Å². The van der Waals surface area contributed by atoms with Gasteiger partial charge in [0.15, 0.2) is 0 Å². The Hall–Kier alpha value is -1.77. The Balaban J connectivity index is 1.79. The Bertz CT molecular complexity index is 521. The van der Waals surface area contributed by atoms with Gasteiger partial charge in [-0.15, -0.1) is 0 Å². The lowest BCUT2D eigenvalue weighted by molar-refractivity contribution is 0.320. The van der Waals surface area contributed by atoms with E-state index in [-0.39, 0.29) is 0 Å². The van der Waals surface area contributed by atoms with Crippen LogP contribution < -0.4 is 5.73 Å². The number of nitrogen functional groups attached to an aromatic ring is 1. The summed E-state index contributed by atoms with van der Waals surface area (Å²) in [7, 11) is 0. The monoisotopic (exact) mass is 255 g/mol. The van der Waals surface area contributed by atoms with Crippen molar-refractivity contribution in [2.45, 2.75) is 38.6 Å². The standard InChI is InChI=1S/C16H21N3/c17-15-8-6-14(7-9-15)16-18-10-11-19(16)12-13-4-2-1-3-5-13/h6-11,13H,1-5,12,17H2. The van der Waals surface area contributed by atoms with Crippen LogP contribution >= 0.6 is 0 Å². The summed E-state index contributed by atoms with van der Waals surface area (Å²) in [6, 6.07) is 7.98. The third kappa shape index (κ3) is 2.80. The van der Waals surface area contributed by atoms with Crippen LogP contribution in [0.4, 0.5) is 5.69 Å². The minimum Gasteiger partial charge on any atom is -0.399 e. The molecular weight excluding hydrogens is 234 g/mol. The molecular formula is C16H21N3. The van der Waals surface area contributed by atoms with E-state index in [0.29, 0.717) is 0 Å². The quantitative estimate of drug-likeness (QED) is 0.850. The summed E-state index contributed by atoms with van der Waals surface area (Å²) in [6.07, 6.45) is 10.9. The SMILES string of the molecule is Nc1ccc(-c2nccn2CC2CCCCC2)cc1. The van der Waals surface area contributed by atoms with E-state index in [1.807, 2.05) is 18.3 Å². The summed E-state index contributed by atoms with van der Waals surface area (Å²) in [6.45, 7) is 1.10. The second-order valence-corrected chi connectivity index (χ2v) is 5.53. The number of nitrogens with zero attached hydrogens (tertiary/aromatic N) is 2. The first-order valence-electron chi connectivity index (χ1n) is 7.20. The van der Waals surface area contributed by atoms with Crippen molar-refractivity contribution in [1.82, 2.24) is 9.55 Å². The molecule has 0 amide bonds. The maximum atomic E-state index is 5.74. The lowest BCUT2D eigenvalue weighted by atomic mass is 9.89. The van der Waals surface area contributed by atoms with Crippen LogP contribution in [0.2, 0.25) is 0 Å². The summed E-state index contributed by atoms with van der Waals surface area (Å²) in [5.74, 6) is 1.88. The smallest absolute Gasteiger partial charge is 0.139 e. The maximum Gasteiger partial charge on any atom is 0.139 e. The fraction of sp³-hybridized carbons (Fsp3) is 0.438. The van der Waals surface area contributed by atoms with Crippen molar-refractivity contribution in [3.05, 3.63) is 36.7 Å². The first kappa shape index (κ1) is 12.3. The molecule has 1 aromatic heterocycles. The lowest BCUT2D eigenvalue weighted by Gasteiger charge is -2.22. The summed E-state index contributed by atoms with van der Waals surface area (Å²) < 4.78 is 2.29. The molecule has 3 nitrogen and oxygen atoms in total. The van der Waals surface area contributed by atoms with Crippen LogP contribution in [0.15, 0.2) is 36.7 Å². The molecule has 2 N–H and O–H groups in total. The van der Waals surface area contributed by atoms with E-state index in [2.05, 4.69) is 27.9 Å². The van der Waals surface area contributed by atoms with Crippen molar-refractivity contribution in [1.29, 1.82) is 0 Å². The number of hydrogen-bond acceptors (Lipinski definition) is 2. The van der Waals surface area contributed by atoms with Crippen LogP contribution in [-0.4, -0.2) is 9.55 Å². The van der Waals surface area contributed by atoms with Gasteiger partial charge in [-0.2, -0.15) is 0 Å². The van der Waals surface area contributed by atoms with Crippen molar-refractivity contribution in [3.8, 4) is 11.4 Å². The van der Waals surface area contributed by atoms with E-state index < -0.39 is 0 Å². The average molecular weight is 255 g/mol. The normalized spacial score (nSPS) is 16.6. The number of hydrogen-bond donors (Lipinski definition) is 1. The third-order valence-corrected chi connectivity index (χ3v) is 4.06. The van der Waals surface area contributed by atoms with Gasteiger partial charge in [0.1, 0.15) is 5.82 Å². The molecule has 19 heavy (non-hydrogen) atoms. The van der Waals surface area contributed by atoms with Crippen LogP contribution in [0, 0.1) is 5.92 Å². The summed E-state index contributed by atoms with van der Waals surface area (Å²) >= 11 is 0. The minimum absolute atomic E-state index is 0.800. The third-order valence-electron chi connectivity index (χ3n) is 4.06. The molecule has 1 aliphatic carbocycles. The number of imidazole rings is 1. The Morgan fingerprint density at radius 3 is 2.58 bits per heavy atom. The molecule has 0 aliphatic heterocycles. The van der Waals surface area contributed by atoms with Gasteiger partial charge in [-0.3, -0.25) is 0 Å². The summed E-state index contributed by atoms with van der Waals surface area (Å²) in [4.78, 5) is 4.50. The molecule has 0 unspecified atom stereocenters. The average Bonchev–Trinajstić information content (AvgIpc) is 2.89. The molecule has 1 heterocycles. The summed E-state index contributed by atoms with van der Waals surface area (Å²) in [5.41, 5.74) is 7.69. The van der Waals surface area contributed by atoms with E-state index in [9.17, 15) is 0 Å². The van der Waals surface area contributed by atoms with Gasteiger partial charge in [-0.05, 0) is 43.0 Å². The van der Waals surface area contributed by atoms with Crippen LogP contribution in [-0.2, 0) is 6.54 Å². The van der Waals surface area contributed by atoms with Crippen molar-refractivity contribution < 1.29 is 0 Å². The predicted octanol–water partition coefficient (Wildman–Crippen LogP) is 3.71. The Labute approximate surface area is 114 Å². The van der Waals surface area contributed by atoms with Gasteiger partial charge in [-0.1, -0.05) is 19.3 Å². The molecule has 1 aromatic carbocycles. The summed E-state index contributed by atoms with van der Waals surface area (Å²) in [5, 5.41) is 0. The largest absolute Gasteiger partial charge is 0.399 e. The number of rotatable bonds is 3. The van der Waals surface area contributed by atoms with Gasteiger partial charge in [0, 0.05) is 30.2 Å². The first-order chi connectivity index (χ1) is 9.33. The van der Waals surface area contributed by atoms with Crippen molar-refractivity contribution >= 4 is 5.69 Å². The fourth-order valence-electron chi connectivity index (χ4n) is 3.00. The van der Waals surface area contributed by atoms with Crippen LogP contribution in [0.25, 0.3) is 11.4 Å². The van der Waals surface area contributed by atoms with Gasteiger partial charge in [-0.25, -0.2) is 4.98 Å². The highest BCUT2D eigenvalue weighted by molar-refractivity contribution is 5.59. The molecule has 0 radical (unpaired) electrons. The van der Waals surface area contributed by atoms with Gasteiger partial charge < -0.3 is 10.3 Å². The molecule has 0 spiro atoms. The highest BCUT2D eigenvalue weighted by Gasteiger charge is 2.15. The van der Waals surface area contributed by atoms with Gasteiger partial charge in [0.05, 0.1) is 0 Å². The van der Waals surface area contributed by atoms with E-state index in [4.69, 9.17) is 5.73 Å². The molecule has 1 aliphatic rings. The molecule has 1 saturated carbocycles. The topological polar surface area (TPSA) is 43.8 Å². The van der Waals surface area contributed by atoms with Crippen molar-refractivity contribution in [3.63, 3.8) is 0 Å². The van der Waals surface area contributed by atoms with Crippen molar-refractivity contribution in [2.75, 3.05) is 5.73 Å². The number of benzene rings is 1. The molecule has 1 fully saturated rings. The number of aromatic nitrogens is 2. The molecule has 0 saturated heterocycles. The Kier molecular flexibility index (Phi) is 3.53. The van der Waals surface area contributed by atoms with Crippen LogP contribution in [0.3, 0.4) is 0 Å². The lowest BCUT2D eigenvalue weighted by Crippen LogP contribution is -2.14. The van der Waals surface area contributed by atoms with Gasteiger partial charge in [0.25, 0.3) is 0 Å². The Morgan fingerprint density at radius 2 is 1.84 bits per heavy atom. The first-order valence-corrected chi connectivity index (χ1v) is 7.20. The molecule has 3 rings (SSSR count). The second-order valence-electron chi connectivity index (χ2n) is 5.53. The fourth-order valence-corrected chi connectivity index (χ4v) is 3.00. The zero-order valence-corrected chi connectivity index (χ0v) is 11.3. The molecule has 2 aromatic rings. The van der Waals surface area contributed by atoms with E-state index in [1.54, 1.807) is 0 Å². The molecule has 3 heteroatoms. The number of nitrogens with two attached hydrogens (primary N) is 1. The highest BCUT2D eigenvalue weighted by atomic mass is 15.1. The van der Waals surface area contributed by atoms with E-state index in [0.717, 1.165) is 29.5 Å². The second kappa shape index (κ2) is 5.47. The van der Waals surface area contributed by atoms with E-state index in [1.165, 1.54) is 32.1 Å². The molecule has 100 valence electrons. The minimum atomic E-state index is 0.800. The van der Waals surface area contributed by atoms with Crippen LogP contribution in [0.5, 0.6) is 0 Å². The highest BCUT2D eigenvalue weighted by Crippen LogP contribution is 2.27. The van der Waals surface area contributed by atoms with Crippen LogP contribution in [0.1, 0.15) is 32.1 Å². The Morgan fingerprint density at radius 1 is 1.11 bits per heavy atom. The zero-order chi connectivity index (χ0) is 13.1. The molecule has 0 atom stereocenters. The predicted molar refractivity (Wildman–Crippen MR) is 78.7 cm³/mol. The molecule has 0 bridgehead atoms. The maximum absolute atomic E-state index is 5.74. The zero-order valence-electron chi connectivity index (χ0n) is 11.3.